The molecule has 0 aromatic carbocycles. The monoisotopic (exact) mass is 309 g/mol. The average molecular weight is 309 g/mol. The van der Waals surface area contributed by atoms with Gasteiger partial charge in [-0.1, -0.05) is 6.07 Å². The molecule has 4 heterocycles. The van der Waals surface area contributed by atoms with E-state index in [4.69, 9.17) is 0 Å². The summed E-state index contributed by atoms with van der Waals surface area (Å²) in [7, 11) is 0. The molecule has 3 aromatic rings. The van der Waals surface area contributed by atoms with Crippen molar-refractivity contribution >= 4 is 0 Å². The van der Waals surface area contributed by atoms with Crippen LogP contribution in [0.25, 0.3) is 0 Å². The van der Waals surface area contributed by atoms with Crippen molar-refractivity contribution in [3.63, 3.8) is 0 Å². The topological polar surface area (TPSA) is 64.7 Å². The van der Waals surface area contributed by atoms with Gasteiger partial charge >= 0.3 is 0 Å². The SMILES string of the molecule is C[C@@H]1c2ncc(Cn3cncn3)n2CCN1Cc1ccccn1. The van der Waals surface area contributed by atoms with Crippen LogP contribution in [0.15, 0.2) is 43.2 Å². The Morgan fingerprint density at radius 1 is 1.17 bits per heavy atom. The molecule has 0 spiro atoms. The summed E-state index contributed by atoms with van der Waals surface area (Å²) in [5.74, 6) is 1.11. The van der Waals surface area contributed by atoms with Crippen LogP contribution in [0.5, 0.6) is 0 Å². The Kier molecular flexibility index (Phi) is 3.63. The summed E-state index contributed by atoms with van der Waals surface area (Å²) in [5, 5.41) is 4.18. The predicted octanol–water partition coefficient (Wildman–Crippen LogP) is 1.49. The fourth-order valence-corrected chi connectivity index (χ4v) is 3.13. The van der Waals surface area contributed by atoms with Gasteiger partial charge in [0, 0.05) is 25.8 Å². The Labute approximate surface area is 134 Å². The minimum absolute atomic E-state index is 0.273. The maximum atomic E-state index is 4.65. The molecule has 0 N–H and O–H groups in total. The van der Waals surface area contributed by atoms with Crippen LogP contribution in [-0.2, 0) is 19.6 Å². The van der Waals surface area contributed by atoms with Crippen LogP contribution in [0, 0.1) is 0 Å². The third-order valence-electron chi connectivity index (χ3n) is 4.38. The molecule has 0 fully saturated rings. The minimum Gasteiger partial charge on any atom is -0.328 e. The van der Waals surface area contributed by atoms with Crippen molar-refractivity contribution < 1.29 is 0 Å². The average Bonchev–Trinajstić information content (AvgIpc) is 3.22. The smallest absolute Gasteiger partial charge is 0.137 e. The molecule has 7 heteroatoms. The zero-order chi connectivity index (χ0) is 15.6. The van der Waals surface area contributed by atoms with E-state index in [1.807, 2.05) is 29.2 Å². The zero-order valence-electron chi connectivity index (χ0n) is 13.1. The lowest BCUT2D eigenvalue weighted by molar-refractivity contribution is 0.153. The van der Waals surface area contributed by atoms with Crippen LogP contribution < -0.4 is 0 Å². The molecule has 0 radical (unpaired) electrons. The molecule has 1 aliphatic heterocycles. The van der Waals surface area contributed by atoms with Gasteiger partial charge < -0.3 is 4.57 Å². The maximum absolute atomic E-state index is 4.65. The van der Waals surface area contributed by atoms with E-state index >= 15 is 0 Å². The second-order valence-corrected chi connectivity index (χ2v) is 5.82. The van der Waals surface area contributed by atoms with Gasteiger partial charge in [-0.05, 0) is 19.1 Å². The molecule has 1 atom stereocenters. The van der Waals surface area contributed by atoms with Crippen molar-refractivity contribution in [1.29, 1.82) is 0 Å². The Hall–Kier alpha value is -2.54. The Balaban J connectivity index is 1.53. The molecular weight excluding hydrogens is 290 g/mol. The molecule has 4 rings (SSSR count). The van der Waals surface area contributed by atoms with Gasteiger partial charge in [-0.3, -0.25) is 9.88 Å². The normalized spacial score (nSPS) is 18.0. The largest absolute Gasteiger partial charge is 0.328 e. The number of imidazole rings is 1. The summed E-state index contributed by atoms with van der Waals surface area (Å²) in [4.78, 5) is 15.5. The van der Waals surface area contributed by atoms with E-state index in [9.17, 15) is 0 Å². The highest BCUT2D eigenvalue weighted by molar-refractivity contribution is 5.12. The van der Waals surface area contributed by atoms with Crippen molar-refractivity contribution in [2.45, 2.75) is 32.6 Å². The lowest BCUT2D eigenvalue weighted by atomic mass is 10.2. The third kappa shape index (κ3) is 2.75. The highest BCUT2D eigenvalue weighted by atomic mass is 15.3. The van der Waals surface area contributed by atoms with Gasteiger partial charge in [0.05, 0.1) is 30.2 Å². The number of fused-ring (bicyclic) bond motifs is 1. The fourth-order valence-electron chi connectivity index (χ4n) is 3.13. The molecule has 7 nitrogen and oxygen atoms in total. The molecule has 0 aliphatic carbocycles. The van der Waals surface area contributed by atoms with Crippen LogP contribution in [0.2, 0.25) is 0 Å². The van der Waals surface area contributed by atoms with Crippen LogP contribution in [0.4, 0.5) is 0 Å². The van der Waals surface area contributed by atoms with E-state index in [0.717, 1.165) is 31.2 Å². The summed E-state index contributed by atoms with van der Waals surface area (Å²) in [6, 6.07) is 6.33. The van der Waals surface area contributed by atoms with Crippen LogP contribution in [0.1, 0.15) is 30.2 Å². The molecule has 118 valence electrons. The lowest BCUT2D eigenvalue weighted by Gasteiger charge is -2.34. The molecule has 23 heavy (non-hydrogen) atoms. The number of nitrogens with zero attached hydrogens (tertiary/aromatic N) is 7. The summed E-state index contributed by atoms with van der Waals surface area (Å²) < 4.78 is 4.14. The predicted molar refractivity (Wildman–Crippen MR) is 84.4 cm³/mol. The van der Waals surface area contributed by atoms with Gasteiger partial charge in [-0.2, -0.15) is 5.10 Å². The van der Waals surface area contributed by atoms with Gasteiger partial charge in [0.15, 0.2) is 0 Å². The molecule has 0 saturated carbocycles. The van der Waals surface area contributed by atoms with Crippen LogP contribution >= 0.6 is 0 Å². The molecule has 0 amide bonds. The van der Waals surface area contributed by atoms with E-state index < -0.39 is 0 Å². The van der Waals surface area contributed by atoms with Crippen LogP contribution in [0.3, 0.4) is 0 Å². The van der Waals surface area contributed by atoms with E-state index in [0.29, 0.717) is 6.54 Å². The van der Waals surface area contributed by atoms with E-state index in [1.165, 1.54) is 5.69 Å². The van der Waals surface area contributed by atoms with Gasteiger partial charge in [0.2, 0.25) is 0 Å². The quantitative estimate of drug-likeness (QED) is 0.730. The van der Waals surface area contributed by atoms with E-state index in [2.05, 4.69) is 42.5 Å². The molecule has 0 saturated heterocycles. The highest BCUT2D eigenvalue weighted by Gasteiger charge is 2.27. The van der Waals surface area contributed by atoms with Gasteiger partial charge in [0.1, 0.15) is 18.5 Å². The van der Waals surface area contributed by atoms with Crippen LogP contribution in [-0.4, -0.2) is 40.7 Å². The van der Waals surface area contributed by atoms with Crippen molar-refractivity contribution in [1.82, 2.24) is 34.2 Å². The van der Waals surface area contributed by atoms with Crippen molar-refractivity contribution in [2.75, 3.05) is 6.54 Å². The Bertz CT molecular complexity index is 763. The lowest BCUT2D eigenvalue weighted by Crippen LogP contribution is -2.37. The Morgan fingerprint density at radius 2 is 2.13 bits per heavy atom. The minimum atomic E-state index is 0.273. The number of pyridine rings is 1. The second kappa shape index (κ2) is 5.92. The molecule has 0 unspecified atom stereocenters. The first kappa shape index (κ1) is 14.1. The first-order valence-corrected chi connectivity index (χ1v) is 7.82. The van der Waals surface area contributed by atoms with Crippen molar-refractivity contribution in [3.05, 3.63) is 60.5 Å². The number of rotatable bonds is 4. The number of hydrogen-bond donors (Lipinski definition) is 0. The number of aromatic nitrogens is 6. The second-order valence-electron chi connectivity index (χ2n) is 5.82. The Morgan fingerprint density at radius 3 is 2.91 bits per heavy atom. The summed E-state index contributed by atoms with van der Waals surface area (Å²) in [5.41, 5.74) is 2.28. The molecule has 3 aromatic heterocycles. The summed E-state index contributed by atoms with van der Waals surface area (Å²) in [6.45, 7) is 5.70. The van der Waals surface area contributed by atoms with Crippen molar-refractivity contribution in [3.8, 4) is 0 Å². The fraction of sp³-hybridized carbons (Fsp3) is 0.375. The van der Waals surface area contributed by atoms with Gasteiger partial charge in [-0.25, -0.2) is 14.6 Å². The molecular formula is C16H19N7. The van der Waals surface area contributed by atoms with E-state index in [1.54, 1.807) is 12.7 Å². The number of hydrogen-bond acceptors (Lipinski definition) is 5. The molecule has 0 bridgehead atoms. The van der Waals surface area contributed by atoms with Gasteiger partial charge in [-0.15, -0.1) is 0 Å². The zero-order valence-corrected chi connectivity index (χ0v) is 13.1. The maximum Gasteiger partial charge on any atom is 0.137 e. The van der Waals surface area contributed by atoms with E-state index in [-0.39, 0.29) is 6.04 Å². The first-order chi connectivity index (χ1) is 11.3. The summed E-state index contributed by atoms with van der Waals surface area (Å²) >= 11 is 0. The highest BCUT2D eigenvalue weighted by Crippen LogP contribution is 2.26. The first-order valence-electron chi connectivity index (χ1n) is 7.82. The van der Waals surface area contributed by atoms with Crippen molar-refractivity contribution in [2.24, 2.45) is 0 Å². The summed E-state index contributed by atoms with van der Waals surface area (Å²) in [6.07, 6.45) is 7.10. The third-order valence-corrected chi connectivity index (χ3v) is 4.38. The molecule has 1 aliphatic rings. The van der Waals surface area contributed by atoms with Gasteiger partial charge in [0.25, 0.3) is 0 Å². The standard InChI is InChI=1S/C16H19N7/c1-13-16-19-8-15(10-22-12-17-11-20-22)23(16)7-6-21(13)9-14-4-2-3-5-18-14/h2-5,8,11-13H,6-7,9-10H2,1H3/t13-/m1/s1.